The first kappa shape index (κ1) is 13.6. The normalized spacial score (nSPS) is 16.2. The maximum Gasteiger partial charge on any atom is 0.335 e. The quantitative estimate of drug-likeness (QED) is 0.762. The van der Waals surface area contributed by atoms with Gasteiger partial charge in [-0.25, -0.2) is 4.79 Å². The number of nitrogens with two attached hydrogens (primary N) is 1. The molecule has 1 fully saturated rings. The third-order valence-corrected chi connectivity index (χ3v) is 3.03. The van der Waals surface area contributed by atoms with Gasteiger partial charge in [0, 0.05) is 19.6 Å². The largest absolute Gasteiger partial charge is 0.490 e. The van der Waals surface area contributed by atoms with E-state index in [1.807, 2.05) is 0 Å². The van der Waals surface area contributed by atoms with E-state index in [1.165, 1.54) is 12.1 Å². The fraction of sp³-hybridized carbons (Fsp3) is 0.462. The lowest BCUT2D eigenvalue weighted by Crippen LogP contribution is -2.38. The van der Waals surface area contributed by atoms with E-state index in [0.717, 1.165) is 32.8 Å². The fourth-order valence-electron chi connectivity index (χ4n) is 1.92. The highest BCUT2D eigenvalue weighted by Gasteiger charge is 2.11. The molecule has 3 N–H and O–H groups in total. The van der Waals surface area contributed by atoms with Crippen molar-refractivity contribution >= 4 is 11.7 Å². The number of hydrogen-bond donors (Lipinski definition) is 2. The fourth-order valence-corrected chi connectivity index (χ4v) is 1.92. The molecule has 0 aromatic heterocycles. The second-order valence-corrected chi connectivity index (χ2v) is 4.36. The van der Waals surface area contributed by atoms with Gasteiger partial charge in [0.15, 0.2) is 0 Å². The lowest BCUT2D eigenvalue weighted by Gasteiger charge is -2.26. The first-order chi connectivity index (χ1) is 9.16. The van der Waals surface area contributed by atoms with Crippen molar-refractivity contribution in [1.29, 1.82) is 0 Å². The zero-order valence-corrected chi connectivity index (χ0v) is 10.7. The molecule has 1 aliphatic rings. The van der Waals surface area contributed by atoms with Gasteiger partial charge in [0.2, 0.25) is 0 Å². The van der Waals surface area contributed by atoms with Crippen LogP contribution in [0.5, 0.6) is 5.75 Å². The molecule has 0 unspecified atom stereocenters. The van der Waals surface area contributed by atoms with Crippen LogP contribution in [0.25, 0.3) is 0 Å². The van der Waals surface area contributed by atoms with Crippen LogP contribution >= 0.6 is 0 Å². The minimum Gasteiger partial charge on any atom is -0.490 e. The predicted octanol–water partition coefficient (Wildman–Crippen LogP) is 0.678. The number of nitrogens with zero attached hydrogens (tertiary/aromatic N) is 1. The van der Waals surface area contributed by atoms with Crippen molar-refractivity contribution in [3.05, 3.63) is 23.8 Å². The number of benzene rings is 1. The van der Waals surface area contributed by atoms with E-state index >= 15 is 0 Å². The van der Waals surface area contributed by atoms with Crippen molar-refractivity contribution in [3.63, 3.8) is 0 Å². The van der Waals surface area contributed by atoms with Crippen LogP contribution < -0.4 is 10.5 Å². The van der Waals surface area contributed by atoms with Crippen molar-refractivity contribution in [2.24, 2.45) is 0 Å². The minimum atomic E-state index is -0.994. The number of morpholine rings is 1. The maximum absolute atomic E-state index is 10.8. The van der Waals surface area contributed by atoms with Gasteiger partial charge in [-0.05, 0) is 18.2 Å². The van der Waals surface area contributed by atoms with Gasteiger partial charge in [-0.3, -0.25) is 4.90 Å². The van der Waals surface area contributed by atoms with Crippen molar-refractivity contribution in [3.8, 4) is 5.75 Å². The molecular weight excluding hydrogens is 248 g/mol. The molecule has 1 aromatic rings. The Labute approximate surface area is 111 Å². The molecule has 0 saturated carbocycles. The van der Waals surface area contributed by atoms with Crippen LogP contribution in [0.15, 0.2) is 18.2 Å². The summed E-state index contributed by atoms with van der Waals surface area (Å²) in [5.74, 6) is -0.468. The van der Waals surface area contributed by atoms with E-state index < -0.39 is 5.97 Å². The smallest absolute Gasteiger partial charge is 0.335 e. The number of nitrogen functional groups attached to an aromatic ring is 1. The van der Waals surface area contributed by atoms with Crippen molar-refractivity contribution < 1.29 is 19.4 Å². The highest BCUT2D eigenvalue weighted by molar-refractivity contribution is 5.89. The standard InChI is InChI=1S/C13H18N2O4/c14-11-9-10(13(16)17)1-2-12(11)19-8-5-15-3-6-18-7-4-15/h1-2,9H,3-8,14H2,(H,16,17). The van der Waals surface area contributed by atoms with Gasteiger partial charge < -0.3 is 20.3 Å². The molecule has 1 aromatic carbocycles. The first-order valence-electron chi connectivity index (χ1n) is 6.22. The Morgan fingerprint density at radius 1 is 1.42 bits per heavy atom. The predicted molar refractivity (Wildman–Crippen MR) is 70.6 cm³/mol. The summed E-state index contributed by atoms with van der Waals surface area (Å²) in [6.07, 6.45) is 0. The van der Waals surface area contributed by atoms with Gasteiger partial charge in [-0.1, -0.05) is 0 Å². The molecule has 0 aliphatic carbocycles. The van der Waals surface area contributed by atoms with Gasteiger partial charge in [0.25, 0.3) is 0 Å². The highest BCUT2D eigenvalue weighted by atomic mass is 16.5. The summed E-state index contributed by atoms with van der Waals surface area (Å²) in [5, 5.41) is 8.83. The van der Waals surface area contributed by atoms with Crippen molar-refractivity contribution in [2.45, 2.75) is 0 Å². The summed E-state index contributed by atoms with van der Waals surface area (Å²) < 4.78 is 10.8. The molecule has 0 spiro atoms. The summed E-state index contributed by atoms with van der Waals surface area (Å²) in [5.41, 5.74) is 6.27. The summed E-state index contributed by atoms with van der Waals surface area (Å²) in [6, 6.07) is 4.49. The van der Waals surface area contributed by atoms with Crippen LogP contribution in [0.1, 0.15) is 10.4 Å². The van der Waals surface area contributed by atoms with Crippen molar-refractivity contribution in [1.82, 2.24) is 4.90 Å². The zero-order valence-electron chi connectivity index (χ0n) is 10.7. The Morgan fingerprint density at radius 2 is 2.16 bits per heavy atom. The van der Waals surface area contributed by atoms with Gasteiger partial charge >= 0.3 is 5.97 Å². The Balaban J connectivity index is 1.83. The van der Waals surface area contributed by atoms with Crippen molar-refractivity contribution in [2.75, 3.05) is 45.2 Å². The number of hydrogen-bond acceptors (Lipinski definition) is 5. The molecule has 0 radical (unpaired) electrons. The molecule has 1 heterocycles. The van der Waals surface area contributed by atoms with E-state index in [-0.39, 0.29) is 5.56 Å². The maximum atomic E-state index is 10.8. The lowest BCUT2D eigenvalue weighted by atomic mass is 10.2. The molecule has 104 valence electrons. The summed E-state index contributed by atoms with van der Waals surface area (Å²) in [4.78, 5) is 13.0. The topological polar surface area (TPSA) is 85.0 Å². The molecule has 0 atom stereocenters. The average Bonchev–Trinajstić information content (AvgIpc) is 2.41. The number of rotatable bonds is 5. The van der Waals surface area contributed by atoms with Crippen LogP contribution in [0.2, 0.25) is 0 Å². The molecule has 19 heavy (non-hydrogen) atoms. The number of carboxylic acid groups (broad SMARTS) is 1. The SMILES string of the molecule is Nc1cc(C(=O)O)ccc1OCCN1CCOCC1. The minimum absolute atomic E-state index is 0.165. The lowest BCUT2D eigenvalue weighted by molar-refractivity contribution is 0.0323. The molecule has 1 aliphatic heterocycles. The molecule has 0 amide bonds. The monoisotopic (exact) mass is 266 g/mol. The van der Waals surface area contributed by atoms with Gasteiger partial charge in [0.05, 0.1) is 24.5 Å². The van der Waals surface area contributed by atoms with Crippen LogP contribution in [0, 0.1) is 0 Å². The highest BCUT2D eigenvalue weighted by Crippen LogP contribution is 2.22. The van der Waals surface area contributed by atoms with Gasteiger partial charge in [-0.2, -0.15) is 0 Å². The molecule has 2 rings (SSSR count). The third kappa shape index (κ3) is 3.84. The molecule has 1 saturated heterocycles. The number of ether oxygens (including phenoxy) is 2. The van der Waals surface area contributed by atoms with E-state index in [1.54, 1.807) is 6.07 Å². The Bertz CT molecular complexity index is 444. The van der Waals surface area contributed by atoms with Gasteiger partial charge in [-0.15, -0.1) is 0 Å². The number of aromatic carboxylic acids is 1. The summed E-state index contributed by atoms with van der Waals surface area (Å²) in [6.45, 7) is 4.68. The summed E-state index contributed by atoms with van der Waals surface area (Å²) in [7, 11) is 0. The second kappa shape index (κ2) is 6.40. The summed E-state index contributed by atoms with van der Waals surface area (Å²) >= 11 is 0. The molecule has 0 bridgehead atoms. The number of carboxylic acids is 1. The first-order valence-corrected chi connectivity index (χ1v) is 6.22. The number of anilines is 1. The molecular formula is C13H18N2O4. The van der Waals surface area contributed by atoms with E-state index in [4.69, 9.17) is 20.3 Å². The van der Waals surface area contributed by atoms with Crippen LogP contribution in [-0.4, -0.2) is 55.4 Å². The van der Waals surface area contributed by atoms with Gasteiger partial charge in [0.1, 0.15) is 12.4 Å². The number of carbonyl (C=O) groups is 1. The van der Waals surface area contributed by atoms with E-state index in [0.29, 0.717) is 18.0 Å². The molecule has 6 nitrogen and oxygen atoms in total. The van der Waals surface area contributed by atoms with E-state index in [9.17, 15) is 4.79 Å². The average molecular weight is 266 g/mol. The van der Waals surface area contributed by atoms with Crippen LogP contribution in [-0.2, 0) is 4.74 Å². The second-order valence-electron chi connectivity index (χ2n) is 4.36. The molecule has 6 heteroatoms. The zero-order chi connectivity index (χ0) is 13.7. The van der Waals surface area contributed by atoms with Crippen LogP contribution in [0.3, 0.4) is 0 Å². The Morgan fingerprint density at radius 3 is 2.79 bits per heavy atom. The van der Waals surface area contributed by atoms with E-state index in [2.05, 4.69) is 4.90 Å². The third-order valence-electron chi connectivity index (χ3n) is 3.03. The Kier molecular flexibility index (Phi) is 4.59. The Hall–Kier alpha value is -1.79. The van der Waals surface area contributed by atoms with Crippen LogP contribution in [0.4, 0.5) is 5.69 Å².